The van der Waals surface area contributed by atoms with Gasteiger partial charge >= 0.3 is 0 Å². The third kappa shape index (κ3) is 6.48. The normalized spacial score (nSPS) is 25.1. The van der Waals surface area contributed by atoms with Crippen LogP contribution in [0.5, 0.6) is 0 Å². The van der Waals surface area contributed by atoms with Crippen molar-refractivity contribution in [2.45, 2.75) is 50.5 Å². The number of aliphatic hydroxyl groups is 2. The zero-order valence-corrected chi connectivity index (χ0v) is 18.4. The molecule has 0 radical (unpaired) electrons. The molecule has 0 saturated carbocycles. The molecule has 6 nitrogen and oxygen atoms in total. The Balaban J connectivity index is 1.53. The van der Waals surface area contributed by atoms with Gasteiger partial charge in [0.2, 0.25) is 0 Å². The van der Waals surface area contributed by atoms with Crippen molar-refractivity contribution in [2.24, 2.45) is 0 Å². The molecule has 3 aromatic rings. The van der Waals surface area contributed by atoms with Crippen LogP contribution < -0.4 is 0 Å². The lowest BCUT2D eigenvalue weighted by molar-refractivity contribution is -0.315. The fraction of sp³-hybridized carbons (Fsp3) is 0.333. The summed E-state index contributed by atoms with van der Waals surface area (Å²) in [5.74, 6) is 0. The number of hydrogen-bond acceptors (Lipinski definition) is 6. The maximum absolute atomic E-state index is 10.7. The second kappa shape index (κ2) is 12.0. The van der Waals surface area contributed by atoms with Crippen LogP contribution in [0.2, 0.25) is 0 Å². The Morgan fingerprint density at radius 3 is 1.39 bits per heavy atom. The van der Waals surface area contributed by atoms with Crippen LogP contribution in [0.4, 0.5) is 0 Å². The second-order valence-electron chi connectivity index (χ2n) is 8.03. The van der Waals surface area contributed by atoms with Gasteiger partial charge in [0.05, 0.1) is 26.4 Å². The highest BCUT2D eigenvalue weighted by molar-refractivity contribution is 5.15. The standard InChI is InChI=1S/C27H30O6/c28-16-23-24(30-17-20-10-4-1-5-11-20)25(31-18-21-12-6-2-7-13-21)26(27(29)33-23)32-19-22-14-8-3-9-15-22/h1-15,23-29H,16-19H2/t23-,24-,25+,26-,27+/m1/s1. The first kappa shape index (κ1) is 23.6. The first-order chi connectivity index (χ1) is 16.2. The lowest BCUT2D eigenvalue weighted by Gasteiger charge is -2.44. The zero-order valence-electron chi connectivity index (χ0n) is 18.4. The molecule has 0 spiro atoms. The molecule has 3 aromatic carbocycles. The highest BCUT2D eigenvalue weighted by atomic mass is 16.7. The van der Waals surface area contributed by atoms with Gasteiger partial charge in [-0.25, -0.2) is 0 Å². The van der Waals surface area contributed by atoms with Crippen LogP contribution in [-0.2, 0) is 38.8 Å². The molecule has 1 heterocycles. The fourth-order valence-electron chi connectivity index (χ4n) is 3.91. The number of ether oxygens (including phenoxy) is 4. The number of aliphatic hydroxyl groups excluding tert-OH is 2. The molecule has 1 saturated heterocycles. The maximum atomic E-state index is 10.7. The average Bonchev–Trinajstić information content (AvgIpc) is 2.87. The molecular formula is C27H30O6. The molecule has 1 aliphatic rings. The van der Waals surface area contributed by atoms with Crippen molar-refractivity contribution in [3.63, 3.8) is 0 Å². The number of hydrogen-bond donors (Lipinski definition) is 2. The third-order valence-corrected chi connectivity index (χ3v) is 5.65. The summed E-state index contributed by atoms with van der Waals surface area (Å²) in [4.78, 5) is 0. The van der Waals surface area contributed by atoms with Crippen molar-refractivity contribution in [2.75, 3.05) is 6.61 Å². The van der Waals surface area contributed by atoms with Gasteiger partial charge in [-0.1, -0.05) is 91.0 Å². The van der Waals surface area contributed by atoms with E-state index in [4.69, 9.17) is 18.9 Å². The van der Waals surface area contributed by atoms with E-state index in [1.54, 1.807) is 0 Å². The Kier molecular flexibility index (Phi) is 8.60. The van der Waals surface area contributed by atoms with Gasteiger partial charge in [-0.05, 0) is 16.7 Å². The van der Waals surface area contributed by atoms with Gasteiger partial charge in [-0.15, -0.1) is 0 Å². The Morgan fingerprint density at radius 2 is 0.970 bits per heavy atom. The van der Waals surface area contributed by atoms with Crippen molar-refractivity contribution in [3.05, 3.63) is 108 Å². The van der Waals surface area contributed by atoms with Gasteiger partial charge in [-0.3, -0.25) is 0 Å². The van der Waals surface area contributed by atoms with E-state index >= 15 is 0 Å². The van der Waals surface area contributed by atoms with E-state index in [0.717, 1.165) is 16.7 Å². The fourth-order valence-corrected chi connectivity index (χ4v) is 3.91. The van der Waals surface area contributed by atoms with Crippen molar-refractivity contribution in [1.29, 1.82) is 0 Å². The Morgan fingerprint density at radius 1 is 0.576 bits per heavy atom. The first-order valence-electron chi connectivity index (χ1n) is 11.2. The predicted octanol–water partition coefficient (Wildman–Crippen LogP) is 3.45. The van der Waals surface area contributed by atoms with Crippen LogP contribution in [-0.4, -0.2) is 47.5 Å². The van der Waals surface area contributed by atoms with Crippen LogP contribution >= 0.6 is 0 Å². The van der Waals surface area contributed by atoms with Gasteiger partial charge in [0, 0.05) is 0 Å². The number of benzene rings is 3. The summed E-state index contributed by atoms with van der Waals surface area (Å²) in [5, 5.41) is 20.7. The van der Waals surface area contributed by atoms with Crippen molar-refractivity contribution < 1.29 is 29.2 Å². The number of rotatable bonds is 10. The third-order valence-electron chi connectivity index (χ3n) is 5.65. The molecule has 174 valence electrons. The second-order valence-corrected chi connectivity index (χ2v) is 8.03. The summed E-state index contributed by atoms with van der Waals surface area (Å²) in [6, 6.07) is 29.3. The largest absolute Gasteiger partial charge is 0.394 e. The maximum Gasteiger partial charge on any atom is 0.184 e. The smallest absolute Gasteiger partial charge is 0.184 e. The van der Waals surface area contributed by atoms with E-state index in [9.17, 15) is 10.2 Å². The SMILES string of the molecule is OC[C@H]1O[C@H](O)[C@H](OCc2ccccc2)[C@@H](OCc2ccccc2)[C@@H]1OCc1ccccc1. The molecule has 0 amide bonds. The lowest BCUT2D eigenvalue weighted by Crippen LogP contribution is -2.61. The summed E-state index contributed by atoms with van der Waals surface area (Å²) >= 11 is 0. The van der Waals surface area contributed by atoms with Crippen LogP contribution in [0.3, 0.4) is 0 Å². The minimum Gasteiger partial charge on any atom is -0.394 e. The summed E-state index contributed by atoms with van der Waals surface area (Å²) in [6.45, 7) is 0.601. The van der Waals surface area contributed by atoms with Crippen LogP contribution in [0.15, 0.2) is 91.0 Å². The van der Waals surface area contributed by atoms with E-state index < -0.39 is 30.7 Å². The minimum atomic E-state index is -1.26. The average molecular weight is 451 g/mol. The van der Waals surface area contributed by atoms with Crippen LogP contribution in [0.25, 0.3) is 0 Å². The van der Waals surface area contributed by atoms with E-state index in [1.807, 2.05) is 91.0 Å². The van der Waals surface area contributed by atoms with Gasteiger partial charge in [0.15, 0.2) is 6.29 Å². The van der Waals surface area contributed by atoms with Crippen molar-refractivity contribution in [3.8, 4) is 0 Å². The summed E-state index contributed by atoms with van der Waals surface area (Å²) in [6.07, 6.45) is -4.09. The van der Waals surface area contributed by atoms with E-state index in [-0.39, 0.29) is 13.2 Å². The van der Waals surface area contributed by atoms with E-state index in [0.29, 0.717) is 13.2 Å². The van der Waals surface area contributed by atoms with Crippen molar-refractivity contribution in [1.82, 2.24) is 0 Å². The Bertz CT molecular complexity index is 937. The zero-order chi connectivity index (χ0) is 22.9. The quantitative estimate of drug-likeness (QED) is 0.493. The predicted molar refractivity (Wildman–Crippen MR) is 123 cm³/mol. The van der Waals surface area contributed by atoms with Gasteiger partial charge in [0.1, 0.15) is 24.4 Å². The minimum absolute atomic E-state index is 0.284. The highest BCUT2D eigenvalue weighted by Gasteiger charge is 2.47. The topological polar surface area (TPSA) is 77.4 Å². The highest BCUT2D eigenvalue weighted by Crippen LogP contribution is 2.29. The molecule has 2 N–H and O–H groups in total. The van der Waals surface area contributed by atoms with Crippen molar-refractivity contribution >= 4 is 0 Å². The molecule has 0 unspecified atom stereocenters. The molecule has 0 aromatic heterocycles. The Hall–Kier alpha value is -2.58. The van der Waals surface area contributed by atoms with Crippen LogP contribution in [0, 0.1) is 0 Å². The Labute approximate surface area is 194 Å². The monoisotopic (exact) mass is 450 g/mol. The first-order valence-corrected chi connectivity index (χ1v) is 11.2. The molecular weight excluding hydrogens is 420 g/mol. The van der Waals surface area contributed by atoms with Gasteiger partial charge in [0.25, 0.3) is 0 Å². The van der Waals surface area contributed by atoms with E-state index in [2.05, 4.69) is 0 Å². The summed E-state index contributed by atoms with van der Waals surface area (Å²) in [7, 11) is 0. The molecule has 4 rings (SSSR count). The molecule has 6 heteroatoms. The van der Waals surface area contributed by atoms with Gasteiger partial charge < -0.3 is 29.2 Å². The molecule has 0 bridgehead atoms. The van der Waals surface area contributed by atoms with E-state index in [1.165, 1.54) is 0 Å². The molecule has 0 aliphatic carbocycles. The lowest BCUT2D eigenvalue weighted by atomic mass is 9.98. The van der Waals surface area contributed by atoms with Crippen LogP contribution in [0.1, 0.15) is 16.7 Å². The summed E-state index contributed by atoms with van der Waals surface area (Å²) < 4.78 is 24.3. The molecule has 5 atom stereocenters. The molecule has 1 fully saturated rings. The summed E-state index contributed by atoms with van der Waals surface area (Å²) in [5.41, 5.74) is 2.95. The van der Waals surface area contributed by atoms with Gasteiger partial charge in [-0.2, -0.15) is 0 Å². The molecule has 1 aliphatic heterocycles. The molecule has 33 heavy (non-hydrogen) atoms.